The van der Waals surface area contributed by atoms with Crippen LogP contribution in [0.2, 0.25) is 0 Å². The molecule has 1 atom stereocenters. The van der Waals surface area contributed by atoms with Crippen molar-refractivity contribution in [3.63, 3.8) is 0 Å². The molecule has 2 aromatic heterocycles. The van der Waals surface area contributed by atoms with Crippen molar-refractivity contribution in [3.8, 4) is 0 Å². The van der Waals surface area contributed by atoms with Gasteiger partial charge < -0.3 is 25.8 Å². The fraction of sp³-hybridized carbons (Fsp3) is 0.500. The Balaban J connectivity index is 1.20. The van der Waals surface area contributed by atoms with E-state index in [9.17, 15) is 4.79 Å². The van der Waals surface area contributed by atoms with Crippen molar-refractivity contribution in [1.82, 2.24) is 29.7 Å². The number of aryl methyl sites for hydroxylation is 1. The molecule has 3 aromatic rings. The van der Waals surface area contributed by atoms with Crippen LogP contribution in [-0.4, -0.2) is 94.6 Å². The lowest BCUT2D eigenvalue weighted by molar-refractivity contribution is 0.148. The van der Waals surface area contributed by atoms with Crippen LogP contribution in [0, 0.1) is 6.92 Å². The number of benzene rings is 1. The number of nitrogens with one attached hydrogen (secondary N) is 1. The number of fused-ring (bicyclic) bond motifs is 1. The fourth-order valence-corrected chi connectivity index (χ4v) is 5.50. The summed E-state index contributed by atoms with van der Waals surface area (Å²) < 4.78 is 0. The number of nitrogens with two attached hydrogens (primary N) is 1. The molecule has 0 spiro atoms. The summed E-state index contributed by atoms with van der Waals surface area (Å²) in [5.41, 5.74) is 11.7. The summed E-state index contributed by atoms with van der Waals surface area (Å²) >= 11 is 1.45. The highest BCUT2D eigenvalue weighted by Crippen LogP contribution is 2.29. The molecule has 2 aliphatic heterocycles. The molecule has 0 unspecified atom stereocenters. The summed E-state index contributed by atoms with van der Waals surface area (Å²) in [5, 5.41) is 3.12. The number of hydrogen-bond acceptors (Lipinski definition) is 9. The maximum Gasteiger partial charge on any atom is 0.321 e. The number of carbonyl (C=O) groups excluding carboxylic acids is 1. The summed E-state index contributed by atoms with van der Waals surface area (Å²) in [7, 11) is 2.17. The van der Waals surface area contributed by atoms with E-state index in [1.807, 2.05) is 11.0 Å². The standard InChI is InChI=1S/C24H33N9OS/c1-16-12-18(14-31-8-6-30(3)7-9-31)4-5-19(16)27-24(34)32-10-11-33(17(2)13-32)21-20-22(35-15-26-20)29-23(25)28-21/h4-5,12,15,17H,6-11,13-14H2,1-3H3,(H,27,34)(H2,25,28,29)/t17-/m0/s1. The Kier molecular flexibility index (Phi) is 6.72. The second-order valence-electron chi connectivity index (χ2n) is 9.56. The molecule has 2 saturated heterocycles. The summed E-state index contributed by atoms with van der Waals surface area (Å²) in [6.07, 6.45) is 0. The van der Waals surface area contributed by atoms with Crippen LogP contribution in [0.1, 0.15) is 18.1 Å². The highest BCUT2D eigenvalue weighted by molar-refractivity contribution is 7.16. The predicted molar refractivity (Wildman–Crippen MR) is 141 cm³/mol. The van der Waals surface area contributed by atoms with Crippen molar-refractivity contribution in [2.45, 2.75) is 26.4 Å². The first-order chi connectivity index (χ1) is 16.9. The van der Waals surface area contributed by atoms with Crippen LogP contribution >= 0.6 is 11.3 Å². The van der Waals surface area contributed by atoms with Crippen molar-refractivity contribution in [2.24, 2.45) is 0 Å². The summed E-state index contributed by atoms with van der Waals surface area (Å²) in [5.74, 6) is 0.990. The molecule has 5 rings (SSSR count). The average Bonchev–Trinajstić information content (AvgIpc) is 3.30. The van der Waals surface area contributed by atoms with Crippen molar-refractivity contribution in [2.75, 3.05) is 68.8 Å². The number of piperazine rings is 2. The molecule has 0 saturated carbocycles. The van der Waals surface area contributed by atoms with Gasteiger partial charge in [-0.1, -0.05) is 12.1 Å². The lowest BCUT2D eigenvalue weighted by Gasteiger charge is -2.40. The molecular formula is C24H33N9OS. The minimum absolute atomic E-state index is 0.0701. The Morgan fingerprint density at radius 1 is 1.17 bits per heavy atom. The van der Waals surface area contributed by atoms with Crippen LogP contribution in [0.25, 0.3) is 10.3 Å². The fourth-order valence-electron chi connectivity index (χ4n) is 4.84. The van der Waals surface area contributed by atoms with Crippen LogP contribution in [0.15, 0.2) is 23.7 Å². The van der Waals surface area contributed by atoms with E-state index in [1.165, 1.54) is 16.9 Å². The maximum absolute atomic E-state index is 13.1. The van der Waals surface area contributed by atoms with E-state index in [4.69, 9.17) is 5.73 Å². The molecule has 2 aliphatic rings. The molecule has 186 valence electrons. The van der Waals surface area contributed by atoms with Gasteiger partial charge in [-0.15, -0.1) is 11.3 Å². The monoisotopic (exact) mass is 495 g/mol. The first-order valence-corrected chi connectivity index (χ1v) is 12.9. The largest absolute Gasteiger partial charge is 0.368 e. The molecule has 0 radical (unpaired) electrons. The molecule has 2 fully saturated rings. The van der Waals surface area contributed by atoms with Gasteiger partial charge >= 0.3 is 6.03 Å². The van der Waals surface area contributed by atoms with E-state index >= 15 is 0 Å². The van der Waals surface area contributed by atoms with E-state index in [0.717, 1.165) is 60.1 Å². The maximum atomic E-state index is 13.1. The minimum Gasteiger partial charge on any atom is -0.368 e. The Labute approximate surface area is 209 Å². The Morgan fingerprint density at radius 2 is 1.97 bits per heavy atom. The van der Waals surface area contributed by atoms with Gasteiger partial charge in [0.15, 0.2) is 10.6 Å². The number of nitrogens with zero attached hydrogens (tertiary/aromatic N) is 7. The molecule has 0 aliphatic carbocycles. The second kappa shape index (κ2) is 9.92. The third-order valence-corrected chi connectivity index (χ3v) is 7.64. The van der Waals surface area contributed by atoms with Gasteiger partial charge in [-0.05, 0) is 38.1 Å². The summed E-state index contributed by atoms with van der Waals surface area (Å²) in [4.78, 5) is 35.9. The normalized spacial score (nSPS) is 19.9. The Hall–Kier alpha value is -3.02. The van der Waals surface area contributed by atoms with E-state index in [-0.39, 0.29) is 18.0 Å². The third-order valence-electron chi connectivity index (χ3n) is 6.92. The minimum atomic E-state index is -0.0765. The molecule has 1 aromatic carbocycles. The number of amides is 2. The smallest absolute Gasteiger partial charge is 0.321 e. The number of nitrogen functional groups attached to an aromatic ring is 1. The van der Waals surface area contributed by atoms with Gasteiger partial charge in [-0.25, -0.2) is 14.8 Å². The molecule has 0 bridgehead atoms. The zero-order valence-electron chi connectivity index (χ0n) is 20.6. The van der Waals surface area contributed by atoms with Crippen LogP contribution in [0.5, 0.6) is 0 Å². The van der Waals surface area contributed by atoms with Gasteiger partial charge in [-0.3, -0.25) is 4.90 Å². The number of carbonyl (C=O) groups is 1. The zero-order chi connectivity index (χ0) is 24.5. The molecule has 10 nitrogen and oxygen atoms in total. The van der Waals surface area contributed by atoms with Crippen molar-refractivity contribution in [1.29, 1.82) is 0 Å². The van der Waals surface area contributed by atoms with Gasteiger partial charge in [0.1, 0.15) is 5.52 Å². The number of thiazole rings is 1. The predicted octanol–water partition coefficient (Wildman–Crippen LogP) is 2.47. The van der Waals surface area contributed by atoms with Crippen LogP contribution in [0.4, 0.5) is 22.2 Å². The first-order valence-electron chi connectivity index (χ1n) is 12.1. The number of likely N-dealkylation sites (N-methyl/N-ethyl adjacent to an activating group) is 1. The van der Waals surface area contributed by atoms with Gasteiger partial charge in [0, 0.05) is 64.1 Å². The van der Waals surface area contributed by atoms with Gasteiger partial charge in [0.2, 0.25) is 5.95 Å². The zero-order valence-corrected chi connectivity index (χ0v) is 21.4. The number of urea groups is 1. The van der Waals surface area contributed by atoms with Crippen molar-refractivity contribution < 1.29 is 4.79 Å². The average molecular weight is 496 g/mol. The highest BCUT2D eigenvalue weighted by atomic mass is 32.1. The van der Waals surface area contributed by atoms with E-state index < -0.39 is 0 Å². The van der Waals surface area contributed by atoms with Crippen LogP contribution < -0.4 is 16.0 Å². The number of rotatable bonds is 4. The molecule has 3 N–H and O–H groups in total. The summed E-state index contributed by atoms with van der Waals surface area (Å²) in [6.45, 7) is 11.3. The number of hydrogen-bond donors (Lipinski definition) is 2. The molecule has 2 amide bonds. The highest BCUT2D eigenvalue weighted by Gasteiger charge is 2.30. The molecule has 4 heterocycles. The lowest BCUT2D eigenvalue weighted by Crippen LogP contribution is -2.55. The van der Waals surface area contributed by atoms with Gasteiger partial charge in [0.05, 0.1) is 5.51 Å². The topological polar surface area (TPSA) is 107 Å². The van der Waals surface area contributed by atoms with Crippen molar-refractivity contribution in [3.05, 3.63) is 34.8 Å². The van der Waals surface area contributed by atoms with Crippen LogP contribution in [0.3, 0.4) is 0 Å². The van der Waals surface area contributed by atoms with E-state index in [2.05, 4.69) is 68.0 Å². The number of anilines is 3. The van der Waals surface area contributed by atoms with Gasteiger partial charge in [-0.2, -0.15) is 4.98 Å². The summed E-state index contributed by atoms with van der Waals surface area (Å²) in [6, 6.07) is 6.34. The second-order valence-corrected chi connectivity index (χ2v) is 10.4. The molecular weight excluding hydrogens is 462 g/mol. The van der Waals surface area contributed by atoms with Crippen molar-refractivity contribution >= 4 is 45.2 Å². The quantitative estimate of drug-likeness (QED) is 0.569. The third kappa shape index (κ3) is 5.16. The Morgan fingerprint density at radius 3 is 2.71 bits per heavy atom. The Bertz CT molecular complexity index is 1210. The van der Waals surface area contributed by atoms with E-state index in [1.54, 1.807) is 5.51 Å². The molecule has 35 heavy (non-hydrogen) atoms. The number of aromatic nitrogens is 3. The SMILES string of the molecule is Cc1cc(CN2CCN(C)CC2)ccc1NC(=O)N1CCN(c2nc(N)nc3scnc23)[C@@H](C)C1. The van der Waals surface area contributed by atoms with Crippen LogP contribution in [-0.2, 0) is 6.54 Å². The lowest BCUT2D eigenvalue weighted by atomic mass is 10.1. The van der Waals surface area contributed by atoms with Gasteiger partial charge in [0.25, 0.3) is 0 Å². The van der Waals surface area contributed by atoms with E-state index in [0.29, 0.717) is 19.6 Å². The first kappa shape index (κ1) is 23.7. The molecule has 11 heteroatoms.